The molecule has 2 rings (SSSR count). The molecule has 0 saturated carbocycles. The zero-order valence-electron chi connectivity index (χ0n) is 9.47. The lowest BCUT2D eigenvalue weighted by Crippen LogP contribution is -2.14. The van der Waals surface area contributed by atoms with Gasteiger partial charge in [-0.15, -0.1) is 0 Å². The molecule has 0 saturated heterocycles. The zero-order valence-corrected chi connectivity index (χ0v) is 9.47. The Morgan fingerprint density at radius 2 is 1.82 bits per heavy atom. The summed E-state index contributed by atoms with van der Waals surface area (Å²) in [6.45, 7) is 0. The van der Waals surface area contributed by atoms with Gasteiger partial charge in [0.1, 0.15) is 11.5 Å². The topological polar surface area (TPSA) is 54.0 Å². The molecule has 4 nitrogen and oxygen atoms in total. The van der Waals surface area contributed by atoms with Crippen LogP contribution in [0.5, 0.6) is 0 Å². The summed E-state index contributed by atoms with van der Waals surface area (Å²) in [5.74, 6) is 0.457. The first kappa shape index (κ1) is 11.1. The molecule has 17 heavy (non-hydrogen) atoms. The number of amides is 1. The largest absolute Gasteiger partial charge is 0.373 e. The Hall–Kier alpha value is -2.36. The van der Waals surface area contributed by atoms with Crippen LogP contribution in [0.1, 0.15) is 10.5 Å². The molecule has 1 amide bonds. The number of para-hydroxylation sites is 1. The number of carbonyl (C=O) groups excluding carboxylic acids is 1. The monoisotopic (exact) mass is 227 g/mol. The third-order valence-corrected chi connectivity index (χ3v) is 2.27. The SMILES string of the molecule is CNc1cccc(C(=O)Nc2ccccc2)n1. The maximum Gasteiger partial charge on any atom is 0.274 e. The van der Waals surface area contributed by atoms with E-state index in [2.05, 4.69) is 15.6 Å². The molecular weight excluding hydrogens is 214 g/mol. The van der Waals surface area contributed by atoms with Crippen LogP contribution in [0.3, 0.4) is 0 Å². The smallest absolute Gasteiger partial charge is 0.274 e. The van der Waals surface area contributed by atoms with Gasteiger partial charge in [0.05, 0.1) is 0 Å². The third kappa shape index (κ3) is 2.81. The highest BCUT2D eigenvalue weighted by Crippen LogP contribution is 2.09. The standard InChI is InChI=1S/C13H13N3O/c1-14-12-9-5-8-11(16-12)13(17)15-10-6-3-2-4-7-10/h2-9H,1H3,(H,14,16)(H,15,17). The molecule has 0 unspecified atom stereocenters. The Balaban J connectivity index is 2.14. The fourth-order valence-corrected chi connectivity index (χ4v) is 1.42. The molecule has 0 spiro atoms. The Labute approximate surface area is 99.7 Å². The first-order chi connectivity index (χ1) is 8.29. The van der Waals surface area contributed by atoms with Crippen molar-refractivity contribution in [2.24, 2.45) is 0 Å². The number of pyridine rings is 1. The first-order valence-corrected chi connectivity index (χ1v) is 5.31. The van der Waals surface area contributed by atoms with Crippen LogP contribution in [0, 0.1) is 0 Å². The van der Waals surface area contributed by atoms with E-state index in [0.29, 0.717) is 11.5 Å². The summed E-state index contributed by atoms with van der Waals surface area (Å²) in [7, 11) is 1.77. The Morgan fingerprint density at radius 3 is 2.53 bits per heavy atom. The van der Waals surface area contributed by atoms with Crippen molar-refractivity contribution in [2.45, 2.75) is 0 Å². The van der Waals surface area contributed by atoms with Crippen LogP contribution in [0.4, 0.5) is 11.5 Å². The number of benzene rings is 1. The summed E-state index contributed by atoms with van der Waals surface area (Å²) in [4.78, 5) is 16.0. The highest BCUT2D eigenvalue weighted by atomic mass is 16.1. The van der Waals surface area contributed by atoms with Crippen LogP contribution < -0.4 is 10.6 Å². The van der Waals surface area contributed by atoms with Crippen LogP contribution in [-0.4, -0.2) is 17.9 Å². The van der Waals surface area contributed by atoms with Crippen molar-refractivity contribution in [3.63, 3.8) is 0 Å². The number of hydrogen-bond donors (Lipinski definition) is 2. The van der Waals surface area contributed by atoms with Gasteiger partial charge in [0.15, 0.2) is 0 Å². The summed E-state index contributed by atoms with van der Waals surface area (Å²) >= 11 is 0. The number of carbonyl (C=O) groups is 1. The zero-order chi connectivity index (χ0) is 12.1. The fraction of sp³-hybridized carbons (Fsp3) is 0.0769. The van der Waals surface area contributed by atoms with Crippen LogP contribution in [0.2, 0.25) is 0 Å². The molecule has 0 aliphatic rings. The van der Waals surface area contributed by atoms with Gasteiger partial charge < -0.3 is 10.6 Å². The minimum absolute atomic E-state index is 0.215. The van der Waals surface area contributed by atoms with Crippen molar-refractivity contribution in [1.29, 1.82) is 0 Å². The molecule has 4 heteroatoms. The van der Waals surface area contributed by atoms with Crippen molar-refractivity contribution in [2.75, 3.05) is 17.7 Å². The predicted octanol–water partition coefficient (Wildman–Crippen LogP) is 2.38. The molecule has 0 aliphatic carbocycles. The lowest BCUT2D eigenvalue weighted by molar-refractivity contribution is 0.102. The number of anilines is 2. The molecule has 1 heterocycles. The maximum atomic E-state index is 11.9. The van der Waals surface area contributed by atoms with E-state index < -0.39 is 0 Å². The molecule has 1 aromatic carbocycles. The highest BCUT2D eigenvalue weighted by Gasteiger charge is 2.07. The molecule has 86 valence electrons. The van der Waals surface area contributed by atoms with Gasteiger partial charge >= 0.3 is 0 Å². The second kappa shape index (κ2) is 5.12. The highest BCUT2D eigenvalue weighted by molar-refractivity contribution is 6.03. The summed E-state index contributed by atoms with van der Waals surface area (Å²) in [5.41, 5.74) is 1.15. The van der Waals surface area contributed by atoms with Gasteiger partial charge in [0.2, 0.25) is 0 Å². The molecule has 0 radical (unpaired) electrons. The number of nitrogens with one attached hydrogen (secondary N) is 2. The molecule has 0 atom stereocenters. The lowest BCUT2D eigenvalue weighted by Gasteiger charge is -2.05. The Morgan fingerprint density at radius 1 is 1.06 bits per heavy atom. The summed E-state index contributed by atoms with van der Waals surface area (Å²) in [5, 5.41) is 5.68. The number of hydrogen-bond acceptors (Lipinski definition) is 3. The van der Waals surface area contributed by atoms with E-state index in [-0.39, 0.29) is 5.91 Å². The van der Waals surface area contributed by atoms with Crippen LogP contribution >= 0.6 is 0 Å². The summed E-state index contributed by atoms with van der Waals surface area (Å²) in [6, 6.07) is 14.6. The second-order valence-corrected chi connectivity index (χ2v) is 3.48. The summed E-state index contributed by atoms with van der Waals surface area (Å²) < 4.78 is 0. The van der Waals surface area contributed by atoms with E-state index in [1.54, 1.807) is 25.2 Å². The Bertz CT molecular complexity index is 511. The minimum Gasteiger partial charge on any atom is -0.373 e. The van der Waals surface area contributed by atoms with Gasteiger partial charge in [-0.1, -0.05) is 24.3 Å². The van der Waals surface area contributed by atoms with Gasteiger partial charge in [0.25, 0.3) is 5.91 Å². The van der Waals surface area contributed by atoms with E-state index in [1.165, 1.54) is 0 Å². The molecule has 0 fully saturated rings. The van der Waals surface area contributed by atoms with Crippen LogP contribution in [0.25, 0.3) is 0 Å². The van der Waals surface area contributed by atoms with Crippen molar-refractivity contribution in [1.82, 2.24) is 4.98 Å². The molecule has 2 N–H and O–H groups in total. The maximum absolute atomic E-state index is 11.9. The number of rotatable bonds is 3. The molecule has 0 bridgehead atoms. The van der Waals surface area contributed by atoms with Gasteiger partial charge in [-0.25, -0.2) is 4.98 Å². The van der Waals surface area contributed by atoms with Gasteiger partial charge in [-0.3, -0.25) is 4.79 Å². The molecule has 0 aliphatic heterocycles. The van der Waals surface area contributed by atoms with E-state index in [4.69, 9.17) is 0 Å². The molecule has 2 aromatic rings. The van der Waals surface area contributed by atoms with Gasteiger partial charge in [0, 0.05) is 12.7 Å². The molecular formula is C13H13N3O. The summed E-state index contributed by atoms with van der Waals surface area (Å²) in [6.07, 6.45) is 0. The van der Waals surface area contributed by atoms with E-state index in [9.17, 15) is 4.79 Å². The van der Waals surface area contributed by atoms with E-state index in [0.717, 1.165) is 5.69 Å². The predicted molar refractivity (Wildman–Crippen MR) is 68.2 cm³/mol. The van der Waals surface area contributed by atoms with Crippen molar-refractivity contribution in [3.05, 3.63) is 54.2 Å². The van der Waals surface area contributed by atoms with Crippen molar-refractivity contribution >= 4 is 17.4 Å². The van der Waals surface area contributed by atoms with Gasteiger partial charge in [-0.05, 0) is 24.3 Å². The van der Waals surface area contributed by atoms with Crippen molar-refractivity contribution < 1.29 is 4.79 Å². The Kier molecular flexibility index (Phi) is 3.35. The average Bonchev–Trinajstić information content (AvgIpc) is 2.40. The van der Waals surface area contributed by atoms with Crippen LogP contribution in [0.15, 0.2) is 48.5 Å². The molecule has 1 aromatic heterocycles. The van der Waals surface area contributed by atoms with Gasteiger partial charge in [-0.2, -0.15) is 0 Å². The normalized spacial score (nSPS) is 9.71. The second-order valence-electron chi connectivity index (χ2n) is 3.48. The minimum atomic E-state index is -0.215. The van der Waals surface area contributed by atoms with E-state index >= 15 is 0 Å². The van der Waals surface area contributed by atoms with E-state index in [1.807, 2.05) is 30.3 Å². The average molecular weight is 227 g/mol. The van der Waals surface area contributed by atoms with Crippen LogP contribution in [-0.2, 0) is 0 Å². The number of aromatic nitrogens is 1. The fourth-order valence-electron chi connectivity index (χ4n) is 1.42. The van der Waals surface area contributed by atoms with Crippen molar-refractivity contribution in [3.8, 4) is 0 Å². The quantitative estimate of drug-likeness (QED) is 0.846. The lowest BCUT2D eigenvalue weighted by atomic mass is 10.3. The number of nitrogens with zero attached hydrogens (tertiary/aromatic N) is 1. The first-order valence-electron chi connectivity index (χ1n) is 5.31. The third-order valence-electron chi connectivity index (χ3n) is 2.27.